The van der Waals surface area contributed by atoms with Crippen LogP contribution in [0.25, 0.3) is 5.13 Å². The highest BCUT2D eigenvalue weighted by molar-refractivity contribution is 7.17. The molecule has 1 amide bonds. The van der Waals surface area contributed by atoms with E-state index >= 15 is 0 Å². The Labute approximate surface area is 171 Å². The molecule has 14 heteroatoms. The van der Waals surface area contributed by atoms with Crippen LogP contribution < -0.4 is 26.7 Å². The van der Waals surface area contributed by atoms with Gasteiger partial charge < -0.3 is 20.2 Å². The van der Waals surface area contributed by atoms with Gasteiger partial charge in [-0.15, -0.1) is 10.2 Å². The molecule has 0 aliphatic heterocycles. The number of aromatic nitrogens is 6. The van der Waals surface area contributed by atoms with Crippen LogP contribution in [0.2, 0.25) is 0 Å². The number of rotatable bonds is 6. The summed E-state index contributed by atoms with van der Waals surface area (Å²) in [6, 6.07) is 4.52. The fraction of sp³-hybridized carbons (Fsp3) is 0.0625. The Morgan fingerprint density at radius 3 is 2.77 bits per heavy atom. The second-order valence-electron chi connectivity index (χ2n) is 5.55. The highest BCUT2D eigenvalue weighted by atomic mass is 32.1. The molecule has 0 unspecified atom stereocenters. The van der Waals surface area contributed by atoms with Gasteiger partial charge in [-0.1, -0.05) is 11.3 Å². The molecule has 13 nitrogen and oxygen atoms in total. The first-order valence-electron chi connectivity index (χ1n) is 8.26. The van der Waals surface area contributed by atoms with Crippen LogP contribution in [0.15, 0.2) is 46.0 Å². The number of nitrogens with two attached hydrogens (primary N) is 1. The minimum Gasteiger partial charge on any atom is -0.488 e. The molecule has 0 saturated carbocycles. The van der Waals surface area contributed by atoms with Gasteiger partial charge in [0.15, 0.2) is 5.76 Å². The van der Waals surface area contributed by atoms with Gasteiger partial charge in [0.05, 0.1) is 19.0 Å². The molecule has 0 spiro atoms. The molecule has 0 atom stereocenters. The Bertz CT molecular complexity index is 1250. The second kappa shape index (κ2) is 7.96. The van der Waals surface area contributed by atoms with Gasteiger partial charge in [0, 0.05) is 24.5 Å². The van der Waals surface area contributed by atoms with Crippen molar-refractivity contribution >= 4 is 39.8 Å². The maximum Gasteiger partial charge on any atom is 0.381 e. The third-order valence-electron chi connectivity index (χ3n) is 3.64. The van der Waals surface area contributed by atoms with Gasteiger partial charge in [-0.25, -0.2) is 14.8 Å². The number of hydrogen-bond donors (Lipinski definition) is 3. The van der Waals surface area contributed by atoms with E-state index in [2.05, 4.69) is 35.9 Å². The molecule has 4 N–H and O–H groups in total. The zero-order valence-corrected chi connectivity index (χ0v) is 16.1. The predicted octanol–water partition coefficient (Wildman–Crippen LogP) is 1.05. The van der Waals surface area contributed by atoms with E-state index in [9.17, 15) is 9.59 Å². The number of hydrogen-bond acceptors (Lipinski definition) is 12. The summed E-state index contributed by atoms with van der Waals surface area (Å²) in [6.07, 6.45) is 4.53. The molecule has 0 bridgehead atoms. The Morgan fingerprint density at radius 1 is 1.27 bits per heavy atom. The summed E-state index contributed by atoms with van der Waals surface area (Å²) < 4.78 is 11.5. The predicted molar refractivity (Wildman–Crippen MR) is 106 cm³/mol. The maximum atomic E-state index is 12.6. The third kappa shape index (κ3) is 3.79. The normalized spacial score (nSPS) is 10.6. The van der Waals surface area contributed by atoms with Crippen LogP contribution in [-0.2, 0) is 0 Å². The second-order valence-corrected chi connectivity index (χ2v) is 6.51. The first kappa shape index (κ1) is 19.0. The highest BCUT2D eigenvalue weighted by Gasteiger charge is 2.20. The fourth-order valence-corrected chi connectivity index (χ4v) is 3.07. The van der Waals surface area contributed by atoms with E-state index in [1.807, 2.05) is 0 Å². The van der Waals surface area contributed by atoms with Crippen molar-refractivity contribution in [3.8, 4) is 10.9 Å². The van der Waals surface area contributed by atoms with Crippen LogP contribution in [0.3, 0.4) is 0 Å². The zero-order chi connectivity index (χ0) is 21.1. The van der Waals surface area contributed by atoms with Crippen molar-refractivity contribution in [3.63, 3.8) is 0 Å². The van der Waals surface area contributed by atoms with Gasteiger partial charge in [-0.2, -0.15) is 9.78 Å². The maximum absolute atomic E-state index is 12.6. The molecule has 4 aromatic rings. The van der Waals surface area contributed by atoms with Crippen molar-refractivity contribution < 1.29 is 13.9 Å². The van der Waals surface area contributed by atoms with E-state index < -0.39 is 11.5 Å². The lowest BCUT2D eigenvalue weighted by Gasteiger charge is -2.09. The van der Waals surface area contributed by atoms with Crippen molar-refractivity contribution in [1.82, 2.24) is 29.9 Å². The summed E-state index contributed by atoms with van der Waals surface area (Å²) in [7, 11) is 1.30. The molecular formula is C16H13N9O4S. The standard InChI is InChI=1S/C16H13N9O4S/c1-28-11-8(21-14-18-4-2-5-19-14)7-9(29-13(11)27)12(26)22-15-23-24-16(30-15)25-10(17)3-6-20-25/h2-7H,17H2,1H3,(H,18,19,21)(H,22,23,26). The average Bonchev–Trinajstić information content (AvgIpc) is 3.37. The van der Waals surface area contributed by atoms with Crippen molar-refractivity contribution in [3.05, 3.63) is 53.0 Å². The Hall–Kier alpha value is -4.33. The molecule has 4 heterocycles. The monoisotopic (exact) mass is 427 g/mol. The summed E-state index contributed by atoms with van der Waals surface area (Å²) in [5.74, 6) is -0.564. The summed E-state index contributed by atoms with van der Waals surface area (Å²) in [4.78, 5) is 32.8. The van der Waals surface area contributed by atoms with E-state index in [0.717, 1.165) is 11.3 Å². The molecule has 0 aliphatic carbocycles. The van der Waals surface area contributed by atoms with Crippen LogP contribution in [0.5, 0.6) is 5.75 Å². The van der Waals surface area contributed by atoms with Crippen LogP contribution in [-0.4, -0.2) is 43.0 Å². The number of nitrogen functional groups attached to an aromatic ring is 1. The quantitative estimate of drug-likeness (QED) is 0.401. The smallest absolute Gasteiger partial charge is 0.381 e. The number of methoxy groups -OCH3 is 1. The van der Waals surface area contributed by atoms with Crippen LogP contribution in [0, 0.1) is 0 Å². The lowest BCUT2D eigenvalue weighted by atomic mass is 10.3. The molecule has 0 aromatic carbocycles. The van der Waals surface area contributed by atoms with Crippen LogP contribution in [0.4, 0.5) is 22.6 Å². The lowest BCUT2D eigenvalue weighted by Crippen LogP contribution is -2.17. The van der Waals surface area contributed by atoms with Gasteiger partial charge in [-0.05, 0) is 6.07 Å². The van der Waals surface area contributed by atoms with E-state index in [1.165, 1.54) is 36.4 Å². The Kier molecular flexibility index (Phi) is 5.04. The van der Waals surface area contributed by atoms with Gasteiger partial charge in [0.2, 0.25) is 22.0 Å². The minimum atomic E-state index is -0.856. The van der Waals surface area contributed by atoms with E-state index in [1.54, 1.807) is 12.1 Å². The first-order chi connectivity index (χ1) is 14.5. The minimum absolute atomic E-state index is 0.133. The molecule has 0 saturated heterocycles. The zero-order valence-electron chi connectivity index (χ0n) is 15.3. The number of anilines is 4. The van der Waals surface area contributed by atoms with Crippen molar-refractivity contribution in [2.75, 3.05) is 23.5 Å². The molecule has 4 rings (SSSR count). The molecule has 0 radical (unpaired) electrons. The van der Waals surface area contributed by atoms with Gasteiger partial charge in [0.1, 0.15) is 5.82 Å². The molecule has 30 heavy (non-hydrogen) atoms. The van der Waals surface area contributed by atoms with Crippen LogP contribution >= 0.6 is 11.3 Å². The summed E-state index contributed by atoms with van der Waals surface area (Å²) in [6.45, 7) is 0. The largest absolute Gasteiger partial charge is 0.488 e. The number of nitrogens with zero attached hydrogens (tertiary/aromatic N) is 6. The van der Waals surface area contributed by atoms with Crippen LogP contribution in [0.1, 0.15) is 10.6 Å². The third-order valence-corrected chi connectivity index (χ3v) is 4.45. The number of carbonyl (C=O) groups is 1. The van der Waals surface area contributed by atoms with Gasteiger partial charge in [-0.3, -0.25) is 10.1 Å². The topological polar surface area (TPSA) is 176 Å². The Morgan fingerprint density at radius 2 is 2.07 bits per heavy atom. The number of carbonyl (C=O) groups excluding carboxylic acids is 1. The highest BCUT2D eigenvalue weighted by Crippen LogP contribution is 2.25. The average molecular weight is 427 g/mol. The van der Waals surface area contributed by atoms with Crippen molar-refractivity contribution in [2.24, 2.45) is 0 Å². The molecule has 4 aromatic heterocycles. The number of ether oxygens (including phenoxy) is 1. The van der Waals surface area contributed by atoms with Crippen molar-refractivity contribution in [1.29, 1.82) is 0 Å². The van der Waals surface area contributed by atoms with Gasteiger partial charge >= 0.3 is 5.63 Å². The molecule has 0 fully saturated rings. The fourth-order valence-electron chi connectivity index (χ4n) is 2.35. The van der Waals surface area contributed by atoms with E-state index in [-0.39, 0.29) is 28.3 Å². The lowest BCUT2D eigenvalue weighted by molar-refractivity contribution is 0.0991. The molecular weight excluding hydrogens is 414 g/mol. The summed E-state index contributed by atoms with van der Waals surface area (Å²) >= 11 is 1.03. The van der Waals surface area contributed by atoms with Crippen molar-refractivity contribution in [2.45, 2.75) is 0 Å². The van der Waals surface area contributed by atoms with Gasteiger partial charge in [0.25, 0.3) is 5.91 Å². The number of nitrogens with one attached hydrogen (secondary N) is 2. The Balaban J connectivity index is 1.59. The van der Waals surface area contributed by atoms with E-state index in [0.29, 0.717) is 10.9 Å². The molecule has 152 valence electrons. The first-order valence-corrected chi connectivity index (χ1v) is 9.07. The SMILES string of the molecule is COc1c(Nc2ncccn2)cc(C(=O)Nc2nnc(-n3nccc3N)s2)oc1=O. The summed E-state index contributed by atoms with van der Waals surface area (Å²) in [5.41, 5.74) is 5.08. The van der Waals surface area contributed by atoms with E-state index in [4.69, 9.17) is 14.9 Å². The molecule has 0 aliphatic rings. The number of amides is 1. The summed E-state index contributed by atoms with van der Waals surface area (Å²) in [5, 5.41) is 17.6.